The molecule has 4 amide bonds. The van der Waals surface area contributed by atoms with Crippen LogP contribution in [0.3, 0.4) is 0 Å². The summed E-state index contributed by atoms with van der Waals surface area (Å²) in [6.07, 6.45) is 2.17. The SMILES string of the molecule is CCC[C@H](NC(=O)[C@@H]1C[C@]2(CC(c3ccc(OC(C)(C)C)cc3)=NO2)CN1C(=O)[C@@H](NC(=O)O[C@H]1CCOC1)C(C)(C)C)C(=O)C(=O)NC1CC1. The van der Waals surface area contributed by atoms with Crippen LogP contribution in [0.1, 0.15) is 99.0 Å². The number of hydrogen-bond acceptors (Lipinski definition) is 10. The number of ketones is 1. The maximum absolute atomic E-state index is 14.5. The standard InChI is InChI=1S/C37H53N5O9/c1-8-9-26(29(43)32(45)38-23-12-13-23)39-31(44)28-19-37(18-27(41-51-37)22-10-14-24(15-11-22)50-36(5,6)7)21-42(28)33(46)30(35(2,3)4)40-34(47)49-25-16-17-48-20-25/h10-11,14-15,23,25-26,28,30H,8-9,12-13,16-21H2,1-7H3,(H,38,45)(H,39,44)(H,40,47)/t25-,26-,28-,30+,37+/m0/s1. The molecule has 0 bridgehead atoms. The van der Waals surface area contributed by atoms with Crippen molar-refractivity contribution in [3.63, 3.8) is 0 Å². The van der Waals surface area contributed by atoms with E-state index in [1.165, 1.54) is 4.90 Å². The van der Waals surface area contributed by atoms with Crippen LogP contribution in [0, 0.1) is 5.41 Å². The fourth-order valence-electron chi connectivity index (χ4n) is 6.54. The smallest absolute Gasteiger partial charge is 0.408 e. The molecule has 0 radical (unpaired) electrons. The number of ether oxygens (including phenoxy) is 3. The lowest BCUT2D eigenvalue weighted by Crippen LogP contribution is -2.59. The number of amides is 4. The highest BCUT2D eigenvalue weighted by molar-refractivity contribution is 6.38. The number of hydrogen-bond donors (Lipinski definition) is 3. The van der Waals surface area contributed by atoms with Gasteiger partial charge in [0, 0.05) is 25.3 Å². The van der Waals surface area contributed by atoms with Crippen LogP contribution in [0.4, 0.5) is 4.79 Å². The molecule has 1 aromatic carbocycles. The summed E-state index contributed by atoms with van der Waals surface area (Å²) in [5.74, 6) is -1.85. The zero-order chi connectivity index (χ0) is 37.1. The van der Waals surface area contributed by atoms with E-state index >= 15 is 0 Å². The number of likely N-dealkylation sites (tertiary alicyclic amines) is 1. The molecule has 5 atom stereocenters. The third-order valence-electron chi connectivity index (χ3n) is 9.32. The molecule has 51 heavy (non-hydrogen) atoms. The molecular formula is C37H53N5O9. The normalized spacial score (nSPS) is 24.3. The topological polar surface area (TPSA) is 174 Å². The number of rotatable bonds is 12. The quantitative estimate of drug-likeness (QED) is 0.275. The predicted molar refractivity (Wildman–Crippen MR) is 187 cm³/mol. The molecule has 3 fully saturated rings. The van der Waals surface area contributed by atoms with E-state index in [0.717, 1.165) is 18.4 Å². The molecule has 4 aliphatic rings. The van der Waals surface area contributed by atoms with Gasteiger partial charge in [-0.25, -0.2) is 4.79 Å². The number of Topliss-reactive ketones (excluding diaryl/α,β-unsaturated/α-hetero) is 1. The Morgan fingerprint density at radius 2 is 1.73 bits per heavy atom. The van der Waals surface area contributed by atoms with Gasteiger partial charge in [-0.05, 0) is 75.3 Å². The summed E-state index contributed by atoms with van der Waals surface area (Å²) in [7, 11) is 0. The summed E-state index contributed by atoms with van der Waals surface area (Å²) >= 11 is 0. The van der Waals surface area contributed by atoms with Gasteiger partial charge in [-0.3, -0.25) is 19.2 Å². The fourth-order valence-corrected chi connectivity index (χ4v) is 6.54. The number of carbonyl (C=O) groups excluding carboxylic acids is 5. The van der Waals surface area contributed by atoms with Crippen LogP contribution in [0.2, 0.25) is 0 Å². The maximum atomic E-state index is 14.5. The van der Waals surface area contributed by atoms with E-state index in [-0.39, 0.29) is 37.6 Å². The zero-order valence-corrected chi connectivity index (χ0v) is 30.8. The van der Waals surface area contributed by atoms with Gasteiger partial charge in [0.2, 0.25) is 17.6 Å². The molecule has 1 aromatic rings. The van der Waals surface area contributed by atoms with Gasteiger partial charge in [0.25, 0.3) is 5.91 Å². The molecule has 1 spiro atoms. The fraction of sp³-hybridized carbons (Fsp3) is 0.676. The third kappa shape index (κ3) is 9.78. The van der Waals surface area contributed by atoms with Crippen molar-refractivity contribution in [2.45, 2.75) is 135 Å². The van der Waals surface area contributed by atoms with Gasteiger partial charge in [-0.2, -0.15) is 0 Å². The number of nitrogens with one attached hydrogen (secondary N) is 3. The van der Waals surface area contributed by atoms with E-state index in [0.29, 0.717) is 37.3 Å². The second-order valence-corrected chi connectivity index (χ2v) is 16.2. The first kappa shape index (κ1) is 38.0. The average molecular weight is 712 g/mol. The first-order valence-corrected chi connectivity index (χ1v) is 18.0. The van der Waals surface area contributed by atoms with Crippen LogP contribution in [0.15, 0.2) is 29.4 Å². The molecule has 5 rings (SSSR count). The van der Waals surface area contributed by atoms with Crippen molar-refractivity contribution in [1.29, 1.82) is 0 Å². The number of benzene rings is 1. The molecule has 0 unspecified atom stereocenters. The molecular weight excluding hydrogens is 658 g/mol. The summed E-state index contributed by atoms with van der Waals surface area (Å²) in [5.41, 5.74) is -0.740. The number of carbonyl (C=O) groups is 5. The van der Waals surface area contributed by atoms with E-state index in [4.69, 9.17) is 19.0 Å². The molecule has 0 aromatic heterocycles. The van der Waals surface area contributed by atoms with Gasteiger partial charge in [-0.15, -0.1) is 0 Å². The van der Waals surface area contributed by atoms with Gasteiger partial charge < -0.3 is 39.9 Å². The molecule has 3 N–H and O–H groups in total. The highest BCUT2D eigenvalue weighted by Crippen LogP contribution is 2.40. The Balaban J connectivity index is 1.38. The minimum Gasteiger partial charge on any atom is -0.488 e. The largest absolute Gasteiger partial charge is 0.488 e. The van der Waals surface area contributed by atoms with Crippen LogP contribution in [-0.2, 0) is 33.5 Å². The minimum absolute atomic E-state index is 0.00350. The third-order valence-corrected chi connectivity index (χ3v) is 9.32. The zero-order valence-electron chi connectivity index (χ0n) is 30.8. The van der Waals surface area contributed by atoms with Crippen molar-refractivity contribution < 1.29 is 43.0 Å². The lowest BCUT2D eigenvalue weighted by molar-refractivity contribution is -0.144. The Labute approximate surface area is 299 Å². The predicted octanol–water partition coefficient (Wildman–Crippen LogP) is 3.39. The summed E-state index contributed by atoms with van der Waals surface area (Å²) in [4.78, 5) is 75.1. The van der Waals surface area contributed by atoms with Crippen molar-refractivity contribution in [3.8, 4) is 5.75 Å². The van der Waals surface area contributed by atoms with Gasteiger partial charge in [0.05, 0.1) is 31.5 Å². The second-order valence-electron chi connectivity index (χ2n) is 16.2. The van der Waals surface area contributed by atoms with Crippen LogP contribution < -0.4 is 20.7 Å². The number of oxime groups is 1. The maximum Gasteiger partial charge on any atom is 0.408 e. The summed E-state index contributed by atoms with van der Waals surface area (Å²) in [6.45, 7) is 13.9. The van der Waals surface area contributed by atoms with Crippen molar-refractivity contribution in [2.24, 2.45) is 10.6 Å². The molecule has 14 heteroatoms. The van der Waals surface area contributed by atoms with Crippen LogP contribution in [0.25, 0.3) is 0 Å². The van der Waals surface area contributed by atoms with Gasteiger partial charge in [-0.1, -0.05) is 39.3 Å². The van der Waals surface area contributed by atoms with E-state index in [2.05, 4.69) is 21.1 Å². The Kier molecular flexibility index (Phi) is 11.3. The monoisotopic (exact) mass is 711 g/mol. The average Bonchev–Trinajstić information content (AvgIpc) is 3.40. The highest BCUT2D eigenvalue weighted by Gasteiger charge is 2.56. The van der Waals surface area contributed by atoms with Crippen LogP contribution >= 0.6 is 0 Å². The number of nitrogens with zero attached hydrogens (tertiary/aromatic N) is 2. The Morgan fingerprint density at radius 1 is 1.02 bits per heavy atom. The molecule has 2 saturated heterocycles. The lowest BCUT2D eigenvalue weighted by atomic mass is 9.85. The number of alkyl carbamates (subject to hydrolysis) is 1. The van der Waals surface area contributed by atoms with Crippen LogP contribution in [0.5, 0.6) is 5.75 Å². The minimum atomic E-state index is -1.08. The second kappa shape index (κ2) is 15.2. The Morgan fingerprint density at radius 3 is 2.31 bits per heavy atom. The van der Waals surface area contributed by atoms with E-state index < -0.39 is 64.8 Å². The van der Waals surface area contributed by atoms with Gasteiger partial charge in [0.1, 0.15) is 29.5 Å². The first-order valence-electron chi connectivity index (χ1n) is 18.0. The molecule has 1 aliphatic carbocycles. The lowest BCUT2D eigenvalue weighted by Gasteiger charge is -2.35. The van der Waals surface area contributed by atoms with E-state index in [9.17, 15) is 24.0 Å². The summed E-state index contributed by atoms with van der Waals surface area (Å²) < 4.78 is 16.8. The first-order chi connectivity index (χ1) is 24.0. The van der Waals surface area contributed by atoms with Crippen molar-refractivity contribution in [2.75, 3.05) is 19.8 Å². The van der Waals surface area contributed by atoms with Crippen molar-refractivity contribution >= 4 is 35.3 Å². The molecule has 14 nitrogen and oxygen atoms in total. The summed E-state index contributed by atoms with van der Waals surface area (Å²) in [5, 5.41) is 12.6. The van der Waals surface area contributed by atoms with E-state index in [1.54, 1.807) is 0 Å². The summed E-state index contributed by atoms with van der Waals surface area (Å²) in [6, 6.07) is 4.24. The van der Waals surface area contributed by atoms with Crippen molar-refractivity contribution in [1.82, 2.24) is 20.9 Å². The highest BCUT2D eigenvalue weighted by atomic mass is 16.7. The van der Waals surface area contributed by atoms with E-state index in [1.807, 2.05) is 72.7 Å². The molecule has 3 heterocycles. The Bertz CT molecular complexity index is 1510. The molecule has 3 aliphatic heterocycles. The van der Waals surface area contributed by atoms with Crippen molar-refractivity contribution in [3.05, 3.63) is 29.8 Å². The molecule has 1 saturated carbocycles. The van der Waals surface area contributed by atoms with Gasteiger partial charge in [0.15, 0.2) is 5.60 Å². The molecule has 280 valence electrons. The Hall–Kier alpha value is -4.20. The van der Waals surface area contributed by atoms with Crippen LogP contribution in [-0.4, -0.2) is 101 Å². The van der Waals surface area contributed by atoms with Gasteiger partial charge >= 0.3 is 6.09 Å².